The van der Waals surface area contributed by atoms with Gasteiger partial charge in [-0.1, -0.05) is 18.2 Å². The zero-order valence-corrected chi connectivity index (χ0v) is 11.6. The number of benzene rings is 1. The Balaban J connectivity index is 2.12. The van der Waals surface area contributed by atoms with E-state index in [0.717, 1.165) is 13.1 Å². The van der Waals surface area contributed by atoms with Gasteiger partial charge in [0, 0.05) is 18.7 Å². The van der Waals surface area contributed by atoms with Gasteiger partial charge in [-0.3, -0.25) is 9.59 Å². The van der Waals surface area contributed by atoms with Crippen molar-refractivity contribution in [1.29, 1.82) is 0 Å². The first-order valence-corrected chi connectivity index (χ1v) is 6.79. The Bertz CT molecular complexity index is 479. The van der Waals surface area contributed by atoms with Gasteiger partial charge in [0.05, 0.1) is 12.0 Å². The van der Waals surface area contributed by atoms with Gasteiger partial charge in [0.2, 0.25) is 0 Å². The minimum Gasteiger partial charge on any atom is -0.481 e. The number of carbonyl (C=O) groups excluding carboxylic acids is 1. The third-order valence-corrected chi connectivity index (χ3v) is 3.85. The molecule has 1 saturated heterocycles. The molecule has 0 bridgehead atoms. The van der Waals surface area contributed by atoms with E-state index in [1.165, 1.54) is 0 Å². The number of carboxylic acid groups (broad SMARTS) is 1. The van der Waals surface area contributed by atoms with Gasteiger partial charge in [-0.2, -0.15) is 0 Å². The van der Waals surface area contributed by atoms with Crippen LogP contribution in [0, 0.1) is 0 Å². The minimum atomic E-state index is -0.872. The van der Waals surface area contributed by atoms with E-state index in [-0.39, 0.29) is 12.3 Å². The Morgan fingerprint density at radius 1 is 1.25 bits per heavy atom. The minimum absolute atomic E-state index is 0.0284. The first-order valence-electron chi connectivity index (χ1n) is 6.79. The van der Waals surface area contributed by atoms with Gasteiger partial charge in [0.25, 0.3) is 5.91 Å². The number of piperidine rings is 1. The van der Waals surface area contributed by atoms with E-state index in [0.29, 0.717) is 18.4 Å². The summed E-state index contributed by atoms with van der Waals surface area (Å²) < 4.78 is 0. The number of carbonyl (C=O) groups is 2. The molecular weight excluding hydrogens is 256 g/mol. The maximum absolute atomic E-state index is 12.3. The molecule has 0 radical (unpaired) electrons. The van der Waals surface area contributed by atoms with Gasteiger partial charge in [0.1, 0.15) is 0 Å². The fraction of sp³-hybridized carbons (Fsp3) is 0.467. The summed E-state index contributed by atoms with van der Waals surface area (Å²) in [4.78, 5) is 25.5. The van der Waals surface area contributed by atoms with Crippen molar-refractivity contribution in [3.63, 3.8) is 0 Å². The Morgan fingerprint density at radius 3 is 2.40 bits per heavy atom. The van der Waals surface area contributed by atoms with Crippen LogP contribution in [-0.2, 0) is 4.79 Å². The second-order valence-electron chi connectivity index (χ2n) is 5.47. The molecule has 1 aliphatic rings. The Morgan fingerprint density at radius 2 is 1.85 bits per heavy atom. The molecule has 1 aliphatic heterocycles. The van der Waals surface area contributed by atoms with Gasteiger partial charge < -0.3 is 15.3 Å². The monoisotopic (exact) mass is 276 g/mol. The molecule has 20 heavy (non-hydrogen) atoms. The molecule has 1 aromatic rings. The Kier molecular flexibility index (Phi) is 4.39. The van der Waals surface area contributed by atoms with Crippen LogP contribution in [0.4, 0.5) is 0 Å². The van der Waals surface area contributed by atoms with E-state index in [9.17, 15) is 9.59 Å². The molecule has 0 saturated carbocycles. The number of hydrogen-bond donors (Lipinski definition) is 2. The third kappa shape index (κ3) is 3.57. The fourth-order valence-corrected chi connectivity index (χ4v) is 2.58. The van der Waals surface area contributed by atoms with Crippen LogP contribution in [0.2, 0.25) is 0 Å². The molecule has 0 unspecified atom stereocenters. The van der Waals surface area contributed by atoms with Gasteiger partial charge in [-0.05, 0) is 32.0 Å². The van der Waals surface area contributed by atoms with Crippen LogP contribution in [0.3, 0.4) is 0 Å². The molecule has 5 heteroatoms. The van der Waals surface area contributed by atoms with Crippen LogP contribution >= 0.6 is 0 Å². The number of nitrogens with zero attached hydrogens (tertiary/aromatic N) is 1. The largest absolute Gasteiger partial charge is 0.481 e. The molecule has 2 N–H and O–H groups in total. The summed E-state index contributed by atoms with van der Waals surface area (Å²) in [6, 6.07) is 8.91. The van der Waals surface area contributed by atoms with E-state index >= 15 is 0 Å². The van der Waals surface area contributed by atoms with Crippen molar-refractivity contribution in [2.45, 2.75) is 24.8 Å². The predicted octanol–water partition coefficient (Wildman–Crippen LogP) is 1.36. The number of carboxylic acids is 1. The molecule has 5 nitrogen and oxygen atoms in total. The number of amides is 1. The summed E-state index contributed by atoms with van der Waals surface area (Å²) in [5.74, 6) is -1.07. The lowest BCUT2D eigenvalue weighted by Crippen LogP contribution is -2.55. The number of hydrogen-bond acceptors (Lipinski definition) is 3. The molecule has 1 aromatic carbocycles. The molecule has 0 aromatic heterocycles. The zero-order chi connectivity index (χ0) is 14.6. The number of aliphatic carboxylic acids is 1. The lowest BCUT2D eigenvalue weighted by atomic mass is 9.84. The summed E-state index contributed by atoms with van der Waals surface area (Å²) >= 11 is 0. The molecule has 0 aliphatic carbocycles. The highest BCUT2D eigenvalue weighted by molar-refractivity contribution is 5.95. The van der Waals surface area contributed by atoms with Gasteiger partial charge >= 0.3 is 5.97 Å². The molecule has 0 spiro atoms. The lowest BCUT2D eigenvalue weighted by molar-refractivity contribution is -0.139. The van der Waals surface area contributed by atoms with Crippen molar-refractivity contribution in [3.05, 3.63) is 35.9 Å². The van der Waals surface area contributed by atoms with Gasteiger partial charge in [-0.15, -0.1) is 0 Å². The fourth-order valence-electron chi connectivity index (χ4n) is 2.58. The molecule has 108 valence electrons. The molecule has 1 fully saturated rings. The van der Waals surface area contributed by atoms with Crippen molar-refractivity contribution in [3.8, 4) is 0 Å². The highest BCUT2D eigenvalue weighted by Gasteiger charge is 2.37. The highest BCUT2D eigenvalue weighted by atomic mass is 16.4. The zero-order valence-electron chi connectivity index (χ0n) is 11.6. The first kappa shape index (κ1) is 14.5. The maximum Gasteiger partial charge on any atom is 0.305 e. The number of nitrogens with one attached hydrogen (secondary N) is 1. The standard InChI is InChI=1S/C15H20N2O3/c1-17-9-7-15(8-10-17,11-13(18)19)16-14(20)12-5-3-2-4-6-12/h2-6H,7-11H2,1H3,(H,16,20)(H,18,19). The summed E-state index contributed by atoms with van der Waals surface area (Å²) in [6.07, 6.45) is 1.29. The molecule has 1 amide bonds. The number of likely N-dealkylation sites (tertiary alicyclic amines) is 1. The van der Waals surface area contributed by atoms with E-state index in [1.807, 2.05) is 13.1 Å². The van der Waals surface area contributed by atoms with Gasteiger partial charge in [0.15, 0.2) is 0 Å². The average molecular weight is 276 g/mol. The summed E-state index contributed by atoms with van der Waals surface area (Å²) in [5.41, 5.74) is -0.0677. The second kappa shape index (κ2) is 6.05. The van der Waals surface area contributed by atoms with Crippen LogP contribution in [-0.4, -0.2) is 47.6 Å². The summed E-state index contributed by atoms with van der Waals surface area (Å²) in [7, 11) is 2.00. The molecule has 1 heterocycles. The molecule has 2 rings (SSSR count). The Labute approximate surface area is 118 Å². The maximum atomic E-state index is 12.3. The van der Waals surface area contributed by atoms with Crippen molar-refractivity contribution in [2.75, 3.05) is 20.1 Å². The van der Waals surface area contributed by atoms with Gasteiger partial charge in [-0.25, -0.2) is 0 Å². The molecular formula is C15H20N2O3. The second-order valence-corrected chi connectivity index (χ2v) is 5.47. The topological polar surface area (TPSA) is 69.6 Å². The summed E-state index contributed by atoms with van der Waals surface area (Å²) in [5, 5.41) is 12.1. The van der Waals surface area contributed by atoms with Crippen molar-refractivity contribution in [1.82, 2.24) is 10.2 Å². The van der Waals surface area contributed by atoms with E-state index in [1.54, 1.807) is 24.3 Å². The Hall–Kier alpha value is -1.88. The van der Waals surface area contributed by atoms with E-state index in [2.05, 4.69) is 10.2 Å². The van der Waals surface area contributed by atoms with Crippen LogP contribution < -0.4 is 5.32 Å². The molecule has 0 atom stereocenters. The third-order valence-electron chi connectivity index (χ3n) is 3.85. The average Bonchev–Trinajstić information content (AvgIpc) is 2.42. The van der Waals surface area contributed by atoms with Crippen LogP contribution in [0.15, 0.2) is 30.3 Å². The lowest BCUT2D eigenvalue weighted by Gasteiger charge is -2.40. The van der Waals surface area contributed by atoms with Crippen LogP contribution in [0.25, 0.3) is 0 Å². The first-order chi connectivity index (χ1) is 9.51. The smallest absolute Gasteiger partial charge is 0.305 e. The normalized spacial score (nSPS) is 18.4. The van der Waals surface area contributed by atoms with E-state index in [4.69, 9.17) is 5.11 Å². The van der Waals surface area contributed by atoms with Crippen LogP contribution in [0.1, 0.15) is 29.6 Å². The SMILES string of the molecule is CN1CCC(CC(=O)O)(NC(=O)c2ccccc2)CC1. The predicted molar refractivity (Wildman–Crippen MR) is 75.6 cm³/mol. The van der Waals surface area contributed by atoms with Crippen molar-refractivity contribution in [2.24, 2.45) is 0 Å². The van der Waals surface area contributed by atoms with E-state index < -0.39 is 11.5 Å². The quantitative estimate of drug-likeness (QED) is 0.871. The van der Waals surface area contributed by atoms with Crippen molar-refractivity contribution >= 4 is 11.9 Å². The van der Waals surface area contributed by atoms with Crippen molar-refractivity contribution < 1.29 is 14.7 Å². The number of rotatable bonds is 4. The summed E-state index contributed by atoms with van der Waals surface area (Å²) in [6.45, 7) is 1.59. The van der Waals surface area contributed by atoms with Crippen LogP contribution in [0.5, 0.6) is 0 Å². The highest BCUT2D eigenvalue weighted by Crippen LogP contribution is 2.26.